The van der Waals surface area contributed by atoms with Crippen LogP contribution in [0.1, 0.15) is 30.0 Å². The van der Waals surface area contributed by atoms with Gasteiger partial charge in [0.25, 0.3) is 0 Å². The molecule has 0 saturated heterocycles. The van der Waals surface area contributed by atoms with Crippen LogP contribution in [0.3, 0.4) is 0 Å². The van der Waals surface area contributed by atoms with Crippen LogP contribution in [0.25, 0.3) is 12.2 Å². The maximum absolute atomic E-state index is 5.84. The second-order valence-electron chi connectivity index (χ2n) is 4.79. The number of hydrogen-bond donors (Lipinski definition) is 0. The Bertz CT molecular complexity index is 788. The lowest BCUT2D eigenvalue weighted by Gasteiger charge is -2.14. The molecule has 0 atom stereocenters. The molecule has 1 heterocycles. The van der Waals surface area contributed by atoms with Gasteiger partial charge in [-0.1, -0.05) is 81.7 Å². The molecule has 4 nitrogen and oxygen atoms in total. The number of rotatable bonds is 4. The molecule has 0 bridgehead atoms. The zero-order valence-electron chi connectivity index (χ0n) is 13.0. The number of hydrogen-bond acceptors (Lipinski definition) is 4. The van der Waals surface area contributed by atoms with Gasteiger partial charge in [0.1, 0.15) is 5.75 Å². The molecule has 0 aliphatic heterocycles. The first-order valence-corrected chi connectivity index (χ1v) is 10.1. The van der Waals surface area contributed by atoms with Gasteiger partial charge < -0.3 is 4.74 Å². The van der Waals surface area contributed by atoms with Gasteiger partial charge in [-0.05, 0) is 46.6 Å². The van der Waals surface area contributed by atoms with E-state index in [4.69, 9.17) is 74.3 Å². The van der Waals surface area contributed by atoms with Crippen LogP contribution in [0, 0.1) is 0 Å². The highest BCUT2D eigenvalue weighted by Crippen LogP contribution is 2.40. The van der Waals surface area contributed by atoms with Gasteiger partial charge >= 0.3 is 0 Å². The highest BCUT2D eigenvalue weighted by Gasteiger charge is 2.33. The number of alkyl halides is 6. The smallest absolute Gasteiger partial charge is 0.250 e. The van der Waals surface area contributed by atoms with Crippen LogP contribution in [-0.4, -0.2) is 21.6 Å². The molecule has 2 aromatic rings. The number of halogens is 7. The summed E-state index contributed by atoms with van der Waals surface area (Å²) in [5.41, 5.74) is 0.853. The van der Waals surface area contributed by atoms with Gasteiger partial charge in [0.05, 0.1) is 11.1 Å². The normalized spacial score (nSPS) is 12.6. The van der Waals surface area contributed by atoms with Gasteiger partial charge in [-0.2, -0.15) is 0 Å². The molecule has 1 aromatic heterocycles. The predicted octanol–water partition coefficient (Wildman–Crippen LogP) is 6.86. The van der Waals surface area contributed by atoms with Gasteiger partial charge in [-0.25, -0.2) is 15.0 Å². The topological polar surface area (TPSA) is 47.9 Å². The van der Waals surface area contributed by atoms with Crippen LogP contribution in [0.15, 0.2) is 22.7 Å². The number of aromatic nitrogens is 3. The van der Waals surface area contributed by atoms with Crippen LogP contribution < -0.4 is 4.74 Å². The summed E-state index contributed by atoms with van der Waals surface area (Å²) in [6.07, 6.45) is 3.34. The van der Waals surface area contributed by atoms with Crippen molar-refractivity contribution in [2.75, 3.05) is 6.61 Å². The molecule has 0 radical (unpaired) electrons. The third kappa shape index (κ3) is 6.26. The summed E-state index contributed by atoms with van der Waals surface area (Å²) >= 11 is 38.5. The first-order valence-electron chi connectivity index (χ1n) is 7.01. The van der Waals surface area contributed by atoms with E-state index in [1.807, 2.05) is 25.1 Å². The molecule has 11 heteroatoms. The molecule has 0 amide bonds. The first-order chi connectivity index (χ1) is 12.0. The number of benzene rings is 1. The number of nitrogens with zero attached hydrogens (tertiary/aromatic N) is 3. The molecule has 0 unspecified atom stereocenters. The Morgan fingerprint density at radius 3 is 2.00 bits per heavy atom. The minimum Gasteiger partial charge on any atom is -0.493 e. The molecule has 0 spiro atoms. The zero-order valence-corrected chi connectivity index (χ0v) is 19.1. The minimum absolute atomic E-state index is 0.147. The minimum atomic E-state index is -1.89. The lowest BCUT2D eigenvalue weighted by Crippen LogP contribution is -2.16. The van der Waals surface area contributed by atoms with Crippen LogP contribution in [-0.2, 0) is 7.59 Å². The molecule has 140 valence electrons. The molecule has 0 N–H and O–H groups in total. The Labute approximate surface area is 188 Å². The van der Waals surface area contributed by atoms with Crippen molar-refractivity contribution in [2.24, 2.45) is 0 Å². The fourth-order valence-corrected chi connectivity index (χ4v) is 2.80. The second kappa shape index (κ2) is 8.99. The van der Waals surface area contributed by atoms with E-state index in [0.29, 0.717) is 6.61 Å². The monoisotopic (exact) mass is 537 g/mol. The van der Waals surface area contributed by atoms with E-state index in [1.165, 1.54) is 0 Å². The molecule has 0 aliphatic carbocycles. The Kier molecular flexibility index (Phi) is 7.71. The third-order valence-electron chi connectivity index (χ3n) is 2.84. The Hall–Kier alpha value is -0.01000. The van der Waals surface area contributed by atoms with Crippen molar-refractivity contribution in [1.82, 2.24) is 15.0 Å². The van der Waals surface area contributed by atoms with Crippen LogP contribution >= 0.6 is 85.5 Å². The lowest BCUT2D eigenvalue weighted by atomic mass is 10.2. The van der Waals surface area contributed by atoms with Crippen LogP contribution in [0.4, 0.5) is 0 Å². The van der Waals surface area contributed by atoms with Crippen molar-refractivity contribution < 1.29 is 4.74 Å². The molecule has 0 fully saturated rings. The fourth-order valence-electron chi connectivity index (χ4n) is 1.78. The summed E-state index contributed by atoms with van der Waals surface area (Å²) in [6.45, 7) is 2.48. The van der Waals surface area contributed by atoms with Gasteiger partial charge in [0.2, 0.25) is 7.59 Å². The largest absolute Gasteiger partial charge is 0.493 e. The summed E-state index contributed by atoms with van der Waals surface area (Å²) < 4.78 is 2.49. The van der Waals surface area contributed by atoms with Crippen LogP contribution in [0.2, 0.25) is 0 Å². The van der Waals surface area contributed by atoms with Gasteiger partial charge in [0.15, 0.2) is 17.5 Å². The molecule has 1 aromatic carbocycles. The predicted molar refractivity (Wildman–Crippen MR) is 113 cm³/mol. The Balaban J connectivity index is 2.39. The SMILES string of the molecule is CCOc1ccc(C=Cc2nc(C(Cl)(Cl)Cl)nc(C(Cl)(Cl)Cl)n2)cc1Br. The highest BCUT2D eigenvalue weighted by molar-refractivity contribution is 9.10. The van der Waals surface area contributed by atoms with E-state index in [9.17, 15) is 0 Å². The molecular formula is C15H10BrCl6N3O. The molecule has 2 rings (SSSR count). The third-order valence-corrected chi connectivity index (χ3v) is 4.47. The lowest BCUT2D eigenvalue weighted by molar-refractivity contribution is 0.338. The fraction of sp³-hybridized carbons (Fsp3) is 0.267. The maximum Gasteiger partial charge on any atom is 0.250 e. The average Bonchev–Trinajstić information content (AvgIpc) is 2.53. The van der Waals surface area contributed by atoms with E-state index in [0.717, 1.165) is 15.8 Å². The van der Waals surface area contributed by atoms with E-state index >= 15 is 0 Å². The van der Waals surface area contributed by atoms with E-state index in [-0.39, 0.29) is 17.5 Å². The average molecular weight is 541 g/mol. The van der Waals surface area contributed by atoms with Crippen molar-refractivity contribution in [3.05, 3.63) is 45.7 Å². The first kappa shape index (κ1) is 22.3. The van der Waals surface area contributed by atoms with Gasteiger partial charge in [0, 0.05) is 0 Å². The van der Waals surface area contributed by atoms with E-state index in [1.54, 1.807) is 12.2 Å². The van der Waals surface area contributed by atoms with Crippen LogP contribution in [0.5, 0.6) is 5.75 Å². The van der Waals surface area contributed by atoms with Gasteiger partial charge in [-0.15, -0.1) is 0 Å². The maximum atomic E-state index is 5.84. The summed E-state index contributed by atoms with van der Waals surface area (Å²) in [4.78, 5) is 12.1. The standard InChI is InChI=1S/C15H10BrCl6N3O/c1-2-26-10-5-3-8(7-9(10)16)4-6-11-23-12(14(17,18)19)25-13(24-11)15(20,21)22/h3-7H,2H2,1H3. The quantitative estimate of drug-likeness (QED) is 0.398. The van der Waals surface area contributed by atoms with E-state index in [2.05, 4.69) is 30.9 Å². The van der Waals surface area contributed by atoms with Crippen molar-refractivity contribution in [1.29, 1.82) is 0 Å². The van der Waals surface area contributed by atoms with Crippen molar-refractivity contribution >= 4 is 97.7 Å². The van der Waals surface area contributed by atoms with Gasteiger partial charge in [-0.3, -0.25) is 0 Å². The van der Waals surface area contributed by atoms with Crippen molar-refractivity contribution in [3.63, 3.8) is 0 Å². The number of ether oxygens (including phenoxy) is 1. The summed E-state index contributed by atoms with van der Waals surface area (Å²) in [5.74, 6) is 0.618. The summed E-state index contributed by atoms with van der Waals surface area (Å²) in [7, 11) is 0. The molecule has 0 aliphatic rings. The Morgan fingerprint density at radius 2 is 1.54 bits per heavy atom. The highest BCUT2D eigenvalue weighted by atomic mass is 79.9. The summed E-state index contributed by atoms with van der Waals surface area (Å²) in [5, 5.41) is 0. The Morgan fingerprint density at radius 1 is 0.962 bits per heavy atom. The molecule has 26 heavy (non-hydrogen) atoms. The van der Waals surface area contributed by atoms with Crippen molar-refractivity contribution in [2.45, 2.75) is 14.5 Å². The second-order valence-corrected chi connectivity index (χ2v) is 10.2. The molecular weight excluding hydrogens is 531 g/mol. The summed E-state index contributed by atoms with van der Waals surface area (Å²) in [6, 6.07) is 5.56. The van der Waals surface area contributed by atoms with Crippen molar-refractivity contribution in [3.8, 4) is 5.75 Å². The van der Waals surface area contributed by atoms with E-state index < -0.39 is 7.59 Å². The zero-order chi connectivity index (χ0) is 19.5. The molecule has 0 saturated carbocycles.